The third-order valence-electron chi connectivity index (χ3n) is 1.78. The van der Waals surface area contributed by atoms with Crippen LogP contribution in [0.2, 0.25) is 0 Å². The number of rotatable bonds is 2. The Balaban J connectivity index is 2.77. The lowest BCUT2D eigenvalue weighted by Gasteiger charge is -2.25. The van der Waals surface area contributed by atoms with Gasteiger partial charge in [0.2, 0.25) is 0 Å². The predicted molar refractivity (Wildman–Crippen MR) is 49.4 cm³/mol. The second-order valence-electron chi connectivity index (χ2n) is 3.20. The van der Waals surface area contributed by atoms with E-state index in [1.165, 1.54) is 12.2 Å². The van der Waals surface area contributed by atoms with E-state index in [9.17, 15) is 8.42 Å². The van der Waals surface area contributed by atoms with E-state index in [-0.39, 0.29) is 0 Å². The molecule has 0 saturated carbocycles. The summed E-state index contributed by atoms with van der Waals surface area (Å²) in [4.78, 5) is 0. The lowest BCUT2D eigenvalue weighted by atomic mass is 9.94. The van der Waals surface area contributed by atoms with Gasteiger partial charge < -0.3 is 11.5 Å². The zero-order valence-corrected chi connectivity index (χ0v) is 7.79. The van der Waals surface area contributed by atoms with Crippen LogP contribution in [0.4, 0.5) is 0 Å². The van der Waals surface area contributed by atoms with Crippen LogP contribution in [0.25, 0.3) is 0 Å². The van der Waals surface area contributed by atoms with E-state index in [2.05, 4.69) is 0 Å². The van der Waals surface area contributed by atoms with Crippen LogP contribution in [0.15, 0.2) is 23.9 Å². The van der Waals surface area contributed by atoms with E-state index in [0.717, 1.165) is 0 Å². The van der Waals surface area contributed by atoms with E-state index < -0.39 is 21.4 Å². The molecule has 6 heteroatoms. The summed E-state index contributed by atoms with van der Waals surface area (Å²) in [5.41, 5.74) is 10.6. The molecule has 0 aliphatic heterocycles. The molecule has 0 amide bonds. The molecule has 0 radical (unpaired) electrons. The van der Waals surface area contributed by atoms with Crippen molar-refractivity contribution in [2.75, 3.05) is 5.75 Å². The Hall–Kier alpha value is -0.850. The fraction of sp³-hybridized carbons (Fsp3) is 0.429. The highest BCUT2D eigenvalue weighted by atomic mass is 32.2. The van der Waals surface area contributed by atoms with Gasteiger partial charge in [-0.05, 0) is 12.5 Å². The maximum Gasteiger partial charge on any atom is 0.267 e. The number of hydrogen-bond acceptors (Lipinski definition) is 4. The molecule has 0 heterocycles. The summed E-state index contributed by atoms with van der Waals surface area (Å²) >= 11 is 0. The molecule has 13 heavy (non-hydrogen) atoms. The minimum atomic E-state index is -4.05. The molecule has 0 aromatic rings. The zero-order chi connectivity index (χ0) is 10.1. The van der Waals surface area contributed by atoms with Gasteiger partial charge in [-0.3, -0.25) is 4.55 Å². The van der Waals surface area contributed by atoms with E-state index in [0.29, 0.717) is 12.1 Å². The average molecular weight is 204 g/mol. The van der Waals surface area contributed by atoms with Crippen molar-refractivity contribution in [2.45, 2.75) is 12.0 Å². The maximum absolute atomic E-state index is 10.6. The fourth-order valence-corrected chi connectivity index (χ4v) is 2.05. The molecule has 0 saturated heterocycles. The van der Waals surface area contributed by atoms with Gasteiger partial charge in [-0.25, -0.2) is 0 Å². The number of allylic oxidation sites excluding steroid dienone is 1. The van der Waals surface area contributed by atoms with Gasteiger partial charge in [-0.2, -0.15) is 8.42 Å². The molecule has 1 aliphatic carbocycles. The molecular weight excluding hydrogens is 192 g/mol. The topological polar surface area (TPSA) is 106 Å². The molecule has 0 aromatic heterocycles. The van der Waals surface area contributed by atoms with Crippen molar-refractivity contribution in [1.82, 2.24) is 0 Å². The quantitative estimate of drug-likeness (QED) is 0.519. The Morgan fingerprint density at radius 2 is 2.23 bits per heavy atom. The van der Waals surface area contributed by atoms with Gasteiger partial charge in [-0.1, -0.05) is 12.2 Å². The monoisotopic (exact) mass is 204 g/mol. The third kappa shape index (κ3) is 3.17. The molecule has 0 aromatic carbocycles. The van der Waals surface area contributed by atoms with Crippen LogP contribution >= 0.6 is 0 Å². The van der Waals surface area contributed by atoms with Gasteiger partial charge in [0.25, 0.3) is 10.1 Å². The van der Waals surface area contributed by atoms with E-state index in [1.54, 1.807) is 6.08 Å². The molecule has 1 aliphatic rings. The highest BCUT2D eigenvalue weighted by Crippen LogP contribution is 2.18. The molecule has 1 atom stereocenters. The number of hydrogen-bond donors (Lipinski definition) is 3. The summed E-state index contributed by atoms with van der Waals surface area (Å²) < 4.78 is 29.8. The van der Waals surface area contributed by atoms with Gasteiger partial charge in [0.05, 0.1) is 11.3 Å². The molecule has 1 rings (SSSR count). The first-order valence-corrected chi connectivity index (χ1v) is 5.31. The van der Waals surface area contributed by atoms with Crippen LogP contribution in [0.5, 0.6) is 0 Å². The van der Waals surface area contributed by atoms with Crippen molar-refractivity contribution >= 4 is 10.1 Å². The molecular formula is C7H12N2O3S. The van der Waals surface area contributed by atoms with E-state index >= 15 is 0 Å². The van der Waals surface area contributed by atoms with Crippen LogP contribution in [-0.4, -0.2) is 24.3 Å². The maximum atomic E-state index is 10.6. The first-order chi connectivity index (χ1) is 5.81. The minimum absolute atomic E-state index is 0.315. The van der Waals surface area contributed by atoms with Gasteiger partial charge in [0, 0.05) is 5.70 Å². The summed E-state index contributed by atoms with van der Waals surface area (Å²) in [7, 11) is -4.05. The Morgan fingerprint density at radius 3 is 2.62 bits per heavy atom. The van der Waals surface area contributed by atoms with Crippen molar-refractivity contribution in [3.05, 3.63) is 23.9 Å². The standard InChI is InChI=1S/C7H12N2O3S/c8-6-1-3-7(9,4-2-6)5-13(10,11)12/h1-3H,4-5,8-9H2,(H,10,11,12). The van der Waals surface area contributed by atoms with Crippen molar-refractivity contribution in [3.63, 3.8) is 0 Å². The molecule has 5 nitrogen and oxygen atoms in total. The highest BCUT2D eigenvalue weighted by molar-refractivity contribution is 7.85. The predicted octanol–water partition coefficient (Wildman–Crippen LogP) is -0.626. The van der Waals surface area contributed by atoms with Gasteiger partial charge in [0.15, 0.2) is 0 Å². The Kier molecular flexibility index (Phi) is 2.47. The molecule has 74 valence electrons. The van der Waals surface area contributed by atoms with Crippen LogP contribution in [-0.2, 0) is 10.1 Å². The van der Waals surface area contributed by atoms with E-state index in [4.69, 9.17) is 16.0 Å². The lowest BCUT2D eigenvalue weighted by Crippen LogP contribution is -2.45. The summed E-state index contributed by atoms with van der Waals surface area (Å²) in [6.07, 6.45) is 4.98. The molecule has 5 N–H and O–H groups in total. The summed E-state index contributed by atoms with van der Waals surface area (Å²) in [6, 6.07) is 0. The third-order valence-corrected chi connectivity index (χ3v) is 2.68. The van der Waals surface area contributed by atoms with Crippen molar-refractivity contribution in [3.8, 4) is 0 Å². The van der Waals surface area contributed by atoms with Crippen LogP contribution in [0, 0.1) is 0 Å². The molecule has 0 fully saturated rings. The largest absolute Gasteiger partial charge is 0.399 e. The van der Waals surface area contributed by atoms with Crippen molar-refractivity contribution < 1.29 is 13.0 Å². The van der Waals surface area contributed by atoms with Crippen LogP contribution < -0.4 is 11.5 Å². The molecule has 0 spiro atoms. The zero-order valence-electron chi connectivity index (χ0n) is 6.97. The average Bonchev–Trinajstić information content (AvgIpc) is 1.92. The smallest absolute Gasteiger partial charge is 0.267 e. The highest BCUT2D eigenvalue weighted by Gasteiger charge is 2.28. The summed E-state index contributed by atoms with van der Waals surface area (Å²) in [5.74, 6) is -0.486. The first kappa shape index (κ1) is 10.2. The minimum Gasteiger partial charge on any atom is -0.399 e. The Labute approximate surface area is 76.9 Å². The molecule has 0 bridgehead atoms. The van der Waals surface area contributed by atoms with Crippen LogP contribution in [0.3, 0.4) is 0 Å². The fourth-order valence-electron chi connectivity index (χ4n) is 1.15. The van der Waals surface area contributed by atoms with Gasteiger partial charge in [-0.15, -0.1) is 0 Å². The van der Waals surface area contributed by atoms with Crippen molar-refractivity contribution in [2.24, 2.45) is 11.5 Å². The van der Waals surface area contributed by atoms with E-state index in [1.807, 2.05) is 0 Å². The van der Waals surface area contributed by atoms with Gasteiger partial charge in [0.1, 0.15) is 0 Å². The summed E-state index contributed by atoms with van der Waals surface area (Å²) in [5, 5.41) is 0. The second-order valence-corrected chi connectivity index (χ2v) is 4.65. The Morgan fingerprint density at radius 1 is 1.62 bits per heavy atom. The van der Waals surface area contributed by atoms with Gasteiger partial charge >= 0.3 is 0 Å². The summed E-state index contributed by atoms with van der Waals surface area (Å²) in [6.45, 7) is 0. The first-order valence-electron chi connectivity index (χ1n) is 3.70. The molecule has 1 unspecified atom stereocenters. The second kappa shape index (κ2) is 3.13. The number of nitrogens with two attached hydrogens (primary N) is 2. The normalized spacial score (nSPS) is 28.6. The SMILES string of the molecule is NC1=CCC(N)(CS(=O)(=O)O)C=C1. The van der Waals surface area contributed by atoms with Crippen LogP contribution in [0.1, 0.15) is 6.42 Å². The Bertz CT molecular complexity index is 358. The lowest BCUT2D eigenvalue weighted by molar-refractivity contribution is 0.462. The van der Waals surface area contributed by atoms with Crippen molar-refractivity contribution in [1.29, 1.82) is 0 Å².